The molecule has 0 aromatic carbocycles. The van der Waals surface area contributed by atoms with Gasteiger partial charge in [-0.25, -0.2) is 27.5 Å². The average Bonchev–Trinajstić information content (AvgIpc) is 3.08. The fourth-order valence-corrected chi connectivity index (χ4v) is 7.51. The van der Waals surface area contributed by atoms with Gasteiger partial charge in [0.05, 0.1) is 41.1 Å². The van der Waals surface area contributed by atoms with E-state index in [4.69, 9.17) is 5.73 Å². The summed E-state index contributed by atoms with van der Waals surface area (Å²) in [6.45, 7) is 2.83. The Balaban J connectivity index is 1.27. The van der Waals surface area contributed by atoms with Crippen LogP contribution in [0.25, 0.3) is 0 Å². The SMILES string of the molecule is CN1CC(F)CN2NC(N)C(C(=O)Nc3cnccc3N3CCC(S(=O)(=O)N4CCC4)CC3)C12. The van der Waals surface area contributed by atoms with Gasteiger partial charge in [-0.15, -0.1) is 0 Å². The normalized spacial score (nSPS) is 31.8. The summed E-state index contributed by atoms with van der Waals surface area (Å²) < 4.78 is 41.1. The standard InChI is InChI=1S/C21H33FN8O3S/c1-27-12-14(22)13-30-21(27)18(19(23)26-30)20(31)25-16-11-24-6-3-17(16)28-9-4-15(5-10-28)34(32,33)29-7-2-8-29/h3,6,11,14-15,18-19,21,26H,2,4-5,7-10,12-13,23H2,1H3,(H,25,31). The number of amides is 1. The van der Waals surface area contributed by atoms with E-state index in [2.05, 4.69) is 20.6 Å². The lowest BCUT2D eigenvalue weighted by Crippen LogP contribution is -2.58. The molecule has 0 aliphatic carbocycles. The van der Waals surface area contributed by atoms with Crippen molar-refractivity contribution in [2.45, 2.75) is 43.0 Å². The maximum Gasteiger partial charge on any atom is 0.233 e. The van der Waals surface area contributed by atoms with Crippen molar-refractivity contribution in [3.05, 3.63) is 18.5 Å². The van der Waals surface area contributed by atoms with Gasteiger partial charge < -0.3 is 16.0 Å². The van der Waals surface area contributed by atoms with Crippen molar-refractivity contribution in [3.8, 4) is 0 Å². The number of hydrazine groups is 1. The number of nitrogens with one attached hydrogen (secondary N) is 2. The second kappa shape index (κ2) is 9.28. The van der Waals surface area contributed by atoms with Crippen LogP contribution in [0.4, 0.5) is 15.8 Å². The van der Waals surface area contributed by atoms with Gasteiger partial charge in [0, 0.05) is 45.5 Å². The Morgan fingerprint density at radius 3 is 2.65 bits per heavy atom. The van der Waals surface area contributed by atoms with Crippen molar-refractivity contribution in [3.63, 3.8) is 0 Å². The van der Waals surface area contributed by atoms with E-state index in [1.54, 1.807) is 28.8 Å². The maximum atomic E-state index is 14.0. The number of alkyl halides is 1. The molecule has 0 bridgehead atoms. The van der Waals surface area contributed by atoms with Crippen LogP contribution in [-0.4, -0.2) is 104 Å². The van der Waals surface area contributed by atoms with E-state index >= 15 is 0 Å². The Kier molecular flexibility index (Phi) is 6.50. The third-order valence-corrected chi connectivity index (χ3v) is 9.81. The van der Waals surface area contributed by atoms with Crippen LogP contribution in [0.1, 0.15) is 19.3 Å². The van der Waals surface area contributed by atoms with Gasteiger partial charge in [-0.3, -0.25) is 14.7 Å². The number of carbonyl (C=O) groups excluding carboxylic acids is 1. The number of piperidine rings is 1. The first-order valence-electron chi connectivity index (χ1n) is 11.9. The van der Waals surface area contributed by atoms with Crippen molar-refractivity contribution < 1.29 is 17.6 Å². The largest absolute Gasteiger partial charge is 0.370 e. The van der Waals surface area contributed by atoms with E-state index in [1.165, 1.54) is 0 Å². The van der Waals surface area contributed by atoms with E-state index < -0.39 is 28.3 Å². The zero-order valence-electron chi connectivity index (χ0n) is 19.3. The van der Waals surface area contributed by atoms with Gasteiger partial charge in [-0.05, 0) is 32.4 Å². The van der Waals surface area contributed by atoms with Crippen LogP contribution in [0, 0.1) is 5.92 Å². The van der Waals surface area contributed by atoms with Crippen molar-refractivity contribution in [2.24, 2.45) is 11.7 Å². The third-order valence-electron chi connectivity index (χ3n) is 7.41. The molecule has 4 atom stereocenters. The summed E-state index contributed by atoms with van der Waals surface area (Å²) in [5.74, 6) is -0.862. The molecule has 1 aromatic rings. The topological polar surface area (TPSA) is 127 Å². The van der Waals surface area contributed by atoms with Gasteiger partial charge in [0.1, 0.15) is 6.17 Å². The molecule has 11 nitrogen and oxygen atoms in total. The number of halogens is 1. The predicted molar refractivity (Wildman–Crippen MR) is 126 cm³/mol. The van der Waals surface area contributed by atoms with Gasteiger partial charge in [-0.1, -0.05) is 0 Å². The molecular formula is C21H33FN8O3S. The van der Waals surface area contributed by atoms with Crippen molar-refractivity contribution in [2.75, 3.05) is 56.5 Å². The van der Waals surface area contributed by atoms with Gasteiger partial charge in [0.2, 0.25) is 15.9 Å². The number of carbonyl (C=O) groups is 1. The Labute approximate surface area is 199 Å². The summed E-state index contributed by atoms with van der Waals surface area (Å²) in [4.78, 5) is 21.4. The minimum atomic E-state index is -3.23. The second-order valence-electron chi connectivity index (χ2n) is 9.65. The second-order valence-corrected chi connectivity index (χ2v) is 11.9. The van der Waals surface area contributed by atoms with Gasteiger partial charge in [-0.2, -0.15) is 0 Å². The Morgan fingerprint density at radius 1 is 1.24 bits per heavy atom. The number of anilines is 2. The summed E-state index contributed by atoms with van der Waals surface area (Å²) in [5, 5.41) is 4.33. The number of pyridine rings is 1. The molecule has 13 heteroatoms. The zero-order chi connectivity index (χ0) is 24.0. The zero-order valence-corrected chi connectivity index (χ0v) is 20.1. The molecule has 1 amide bonds. The van der Waals surface area contributed by atoms with Crippen LogP contribution in [0.3, 0.4) is 0 Å². The van der Waals surface area contributed by atoms with E-state index in [-0.39, 0.29) is 30.4 Å². The van der Waals surface area contributed by atoms with Crippen molar-refractivity contribution in [1.82, 2.24) is 24.6 Å². The minimum absolute atomic E-state index is 0.180. The first-order chi connectivity index (χ1) is 16.3. The molecule has 5 heterocycles. The maximum absolute atomic E-state index is 14.0. The number of fused-ring (bicyclic) bond motifs is 1. The summed E-state index contributed by atoms with van der Waals surface area (Å²) in [6.07, 6.45) is 3.28. The summed E-state index contributed by atoms with van der Waals surface area (Å²) >= 11 is 0. The molecule has 4 saturated heterocycles. The van der Waals surface area contributed by atoms with Gasteiger partial charge in [0.25, 0.3) is 0 Å². The van der Waals surface area contributed by atoms with E-state index in [1.807, 2.05) is 11.0 Å². The van der Waals surface area contributed by atoms with Gasteiger partial charge >= 0.3 is 0 Å². The number of hydrogen-bond donors (Lipinski definition) is 3. The van der Waals surface area contributed by atoms with Crippen LogP contribution in [-0.2, 0) is 14.8 Å². The highest BCUT2D eigenvalue weighted by Crippen LogP contribution is 2.33. The quantitative estimate of drug-likeness (QED) is 0.488. The molecular weight excluding hydrogens is 463 g/mol. The average molecular weight is 497 g/mol. The van der Waals surface area contributed by atoms with E-state index in [0.717, 1.165) is 12.1 Å². The molecule has 188 valence electrons. The monoisotopic (exact) mass is 496 g/mol. The fourth-order valence-electron chi connectivity index (χ4n) is 5.51. The number of nitrogens with zero attached hydrogens (tertiary/aromatic N) is 5. The molecule has 0 saturated carbocycles. The first-order valence-corrected chi connectivity index (χ1v) is 13.4. The van der Waals surface area contributed by atoms with Crippen molar-refractivity contribution >= 4 is 27.3 Å². The van der Waals surface area contributed by atoms with E-state index in [0.29, 0.717) is 44.7 Å². The van der Waals surface area contributed by atoms with Crippen LogP contribution >= 0.6 is 0 Å². The molecule has 0 radical (unpaired) electrons. The Bertz CT molecular complexity index is 1020. The number of sulfonamides is 1. The molecule has 4 N–H and O–H groups in total. The predicted octanol–water partition coefficient (Wildman–Crippen LogP) is -0.645. The lowest BCUT2D eigenvalue weighted by molar-refractivity contribution is -0.124. The summed E-state index contributed by atoms with van der Waals surface area (Å²) in [5.41, 5.74) is 10.6. The molecule has 34 heavy (non-hydrogen) atoms. The van der Waals surface area contributed by atoms with Crippen molar-refractivity contribution in [1.29, 1.82) is 0 Å². The Hall–Kier alpha value is -1.90. The lowest BCUT2D eigenvalue weighted by atomic mass is 10.0. The smallest absolute Gasteiger partial charge is 0.233 e. The van der Waals surface area contributed by atoms with E-state index in [9.17, 15) is 17.6 Å². The van der Waals surface area contributed by atoms with Gasteiger partial charge in [0.15, 0.2) is 0 Å². The number of nitrogens with two attached hydrogens (primary N) is 1. The van der Waals surface area contributed by atoms with Crippen LogP contribution < -0.4 is 21.4 Å². The number of aromatic nitrogens is 1. The molecule has 1 aromatic heterocycles. The lowest BCUT2D eigenvalue weighted by Gasteiger charge is -2.40. The molecule has 5 rings (SSSR count). The highest BCUT2D eigenvalue weighted by atomic mass is 32.2. The minimum Gasteiger partial charge on any atom is -0.370 e. The molecule has 4 aliphatic heterocycles. The highest BCUT2D eigenvalue weighted by Gasteiger charge is 2.49. The molecule has 4 aliphatic rings. The van der Waals surface area contributed by atoms with Crippen LogP contribution in [0.15, 0.2) is 18.5 Å². The Morgan fingerprint density at radius 2 is 1.97 bits per heavy atom. The van der Waals surface area contributed by atoms with Crippen LogP contribution in [0.5, 0.6) is 0 Å². The van der Waals surface area contributed by atoms with Crippen LogP contribution in [0.2, 0.25) is 0 Å². The third kappa shape index (κ3) is 4.29. The number of rotatable bonds is 5. The molecule has 0 spiro atoms. The summed E-state index contributed by atoms with van der Waals surface area (Å²) in [7, 11) is -1.44. The highest BCUT2D eigenvalue weighted by molar-refractivity contribution is 7.89. The first kappa shape index (κ1) is 23.8. The number of hydrogen-bond acceptors (Lipinski definition) is 9. The molecule has 4 fully saturated rings. The summed E-state index contributed by atoms with van der Waals surface area (Å²) in [6, 6.07) is 1.83. The molecule has 4 unspecified atom stereocenters. The fraction of sp³-hybridized carbons (Fsp3) is 0.714.